The molecule has 0 saturated heterocycles. The summed E-state index contributed by atoms with van der Waals surface area (Å²) in [6, 6.07) is 6.28. The average molecular weight is 398 g/mol. The van der Waals surface area contributed by atoms with Crippen molar-refractivity contribution in [1.82, 2.24) is 4.90 Å². The SMILES string of the molecule is COC1CCC2(CC1)Cc1ccc(OCC3CC3)cc1C21N=C(N)N(C)CC1=O. The first-order valence-electron chi connectivity index (χ1n) is 10.9. The highest BCUT2D eigenvalue weighted by Crippen LogP contribution is 2.61. The van der Waals surface area contributed by atoms with E-state index in [0.29, 0.717) is 18.4 Å². The number of rotatable bonds is 4. The Morgan fingerprint density at radius 3 is 2.69 bits per heavy atom. The highest BCUT2D eigenvalue weighted by Gasteiger charge is 2.64. The zero-order valence-corrected chi connectivity index (χ0v) is 17.4. The molecule has 2 N–H and O–H groups in total. The fourth-order valence-corrected chi connectivity index (χ4v) is 5.69. The van der Waals surface area contributed by atoms with Gasteiger partial charge in [0.05, 0.1) is 19.3 Å². The van der Waals surface area contributed by atoms with Gasteiger partial charge in [-0.05, 0) is 74.1 Å². The molecular formula is C23H31N3O3. The lowest BCUT2D eigenvalue weighted by molar-refractivity contribution is -0.132. The quantitative estimate of drug-likeness (QED) is 0.845. The third kappa shape index (κ3) is 2.87. The Kier molecular flexibility index (Phi) is 4.39. The lowest BCUT2D eigenvalue weighted by Crippen LogP contribution is -2.58. The summed E-state index contributed by atoms with van der Waals surface area (Å²) in [6.45, 7) is 1.06. The van der Waals surface area contributed by atoms with Crippen LogP contribution in [0.4, 0.5) is 0 Å². The summed E-state index contributed by atoms with van der Waals surface area (Å²) in [5.74, 6) is 2.14. The first-order valence-corrected chi connectivity index (χ1v) is 10.9. The molecule has 6 heteroatoms. The minimum Gasteiger partial charge on any atom is -0.493 e. The normalized spacial score (nSPS) is 33.9. The minimum atomic E-state index is -0.892. The average Bonchev–Trinajstić information content (AvgIpc) is 3.51. The third-order valence-corrected chi connectivity index (χ3v) is 7.63. The zero-order valence-electron chi connectivity index (χ0n) is 17.4. The predicted octanol–water partition coefficient (Wildman–Crippen LogP) is 2.63. The Bertz CT molecular complexity index is 855. The number of hydrogen-bond donors (Lipinski definition) is 1. The molecular weight excluding hydrogens is 366 g/mol. The largest absolute Gasteiger partial charge is 0.493 e. The molecule has 1 atom stereocenters. The van der Waals surface area contributed by atoms with E-state index in [4.69, 9.17) is 20.2 Å². The molecule has 1 aromatic carbocycles. The van der Waals surface area contributed by atoms with E-state index < -0.39 is 5.54 Å². The van der Waals surface area contributed by atoms with Gasteiger partial charge in [-0.2, -0.15) is 0 Å². The van der Waals surface area contributed by atoms with Crippen LogP contribution < -0.4 is 10.5 Å². The number of methoxy groups -OCH3 is 1. The number of fused-ring (bicyclic) bond motifs is 3. The number of hydrogen-bond acceptors (Lipinski definition) is 6. The lowest BCUT2D eigenvalue weighted by atomic mass is 9.59. The van der Waals surface area contributed by atoms with Crippen LogP contribution in [0.3, 0.4) is 0 Å². The number of nitrogens with two attached hydrogens (primary N) is 1. The Balaban J connectivity index is 1.59. The van der Waals surface area contributed by atoms with E-state index in [1.54, 1.807) is 12.0 Å². The summed E-state index contributed by atoms with van der Waals surface area (Å²) in [7, 11) is 3.62. The molecule has 156 valence electrons. The summed E-state index contributed by atoms with van der Waals surface area (Å²) in [6.07, 6.45) is 7.39. The molecule has 1 aromatic rings. The van der Waals surface area contributed by atoms with E-state index in [-0.39, 0.29) is 17.3 Å². The molecule has 6 nitrogen and oxygen atoms in total. The molecule has 1 unspecified atom stereocenters. The Labute approximate surface area is 172 Å². The molecule has 0 aromatic heterocycles. The topological polar surface area (TPSA) is 77.2 Å². The van der Waals surface area contributed by atoms with E-state index in [9.17, 15) is 4.79 Å². The van der Waals surface area contributed by atoms with Crippen molar-refractivity contribution >= 4 is 11.7 Å². The number of nitrogens with zero attached hydrogens (tertiary/aromatic N) is 2. The van der Waals surface area contributed by atoms with Crippen molar-refractivity contribution in [3.63, 3.8) is 0 Å². The first-order chi connectivity index (χ1) is 14.0. The molecule has 29 heavy (non-hydrogen) atoms. The molecule has 0 radical (unpaired) electrons. The maximum absolute atomic E-state index is 13.7. The second-order valence-electron chi connectivity index (χ2n) is 9.43. The fourth-order valence-electron chi connectivity index (χ4n) is 5.69. The second-order valence-corrected chi connectivity index (χ2v) is 9.43. The van der Waals surface area contributed by atoms with Crippen LogP contribution in [0.25, 0.3) is 0 Å². The smallest absolute Gasteiger partial charge is 0.192 e. The standard InChI is InChI=1S/C23H31N3O3/c1-26-13-20(27)23(25-21(26)24)19-11-18(29-14-15-3-4-15)6-5-16(19)12-22(23)9-7-17(28-2)8-10-22/h5-6,11,15,17H,3-4,7-10,12-14H2,1-2H3,(H2,24,25). The number of ether oxygens (including phenoxy) is 2. The van der Waals surface area contributed by atoms with Gasteiger partial charge in [0, 0.05) is 19.6 Å². The molecule has 5 rings (SSSR count). The van der Waals surface area contributed by atoms with Crippen molar-refractivity contribution < 1.29 is 14.3 Å². The van der Waals surface area contributed by atoms with Crippen molar-refractivity contribution in [2.75, 3.05) is 27.3 Å². The molecule has 2 spiro atoms. The number of aliphatic imine (C=N–C) groups is 1. The summed E-state index contributed by atoms with van der Waals surface area (Å²) in [5, 5.41) is 0. The van der Waals surface area contributed by atoms with Gasteiger partial charge in [0.1, 0.15) is 5.75 Å². The van der Waals surface area contributed by atoms with Crippen molar-refractivity contribution in [3.8, 4) is 5.75 Å². The van der Waals surface area contributed by atoms with Crippen molar-refractivity contribution in [2.45, 2.75) is 56.6 Å². The maximum atomic E-state index is 13.7. The molecule has 1 aliphatic heterocycles. The van der Waals surface area contributed by atoms with Gasteiger partial charge >= 0.3 is 0 Å². The maximum Gasteiger partial charge on any atom is 0.192 e. The number of ketones is 1. The Morgan fingerprint density at radius 1 is 1.24 bits per heavy atom. The van der Waals surface area contributed by atoms with E-state index >= 15 is 0 Å². The monoisotopic (exact) mass is 397 g/mol. The predicted molar refractivity (Wildman–Crippen MR) is 111 cm³/mol. The van der Waals surface area contributed by atoms with Crippen LogP contribution in [0.1, 0.15) is 49.7 Å². The van der Waals surface area contributed by atoms with Crippen molar-refractivity contribution in [1.29, 1.82) is 0 Å². The molecule has 0 bridgehead atoms. The van der Waals surface area contributed by atoms with Gasteiger partial charge in [0.2, 0.25) is 0 Å². The van der Waals surface area contributed by atoms with E-state index in [1.807, 2.05) is 7.05 Å². The van der Waals surface area contributed by atoms with Crippen LogP contribution in [0.15, 0.2) is 23.2 Å². The number of benzene rings is 1. The third-order valence-electron chi connectivity index (χ3n) is 7.63. The zero-order chi connectivity index (χ0) is 20.2. The fraction of sp³-hybridized carbons (Fsp3) is 0.652. The van der Waals surface area contributed by atoms with Gasteiger partial charge < -0.3 is 20.1 Å². The summed E-state index contributed by atoms with van der Waals surface area (Å²) >= 11 is 0. The lowest BCUT2D eigenvalue weighted by Gasteiger charge is -2.49. The molecule has 4 aliphatic rings. The number of carbonyl (C=O) groups is 1. The highest BCUT2D eigenvalue weighted by molar-refractivity contribution is 6.01. The van der Waals surface area contributed by atoms with Crippen molar-refractivity contribution in [2.24, 2.45) is 22.1 Å². The summed E-state index contributed by atoms with van der Waals surface area (Å²) in [5.41, 5.74) is 7.43. The van der Waals surface area contributed by atoms with Crippen LogP contribution in [0.5, 0.6) is 5.75 Å². The number of guanidine groups is 1. The van der Waals surface area contributed by atoms with Crippen molar-refractivity contribution in [3.05, 3.63) is 29.3 Å². The number of carbonyl (C=O) groups excluding carboxylic acids is 1. The van der Waals surface area contributed by atoms with E-state index in [1.165, 1.54) is 18.4 Å². The van der Waals surface area contributed by atoms with Crippen LogP contribution in [0.2, 0.25) is 0 Å². The molecule has 1 heterocycles. The van der Waals surface area contributed by atoms with Gasteiger partial charge in [-0.1, -0.05) is 6.07 Å². The van der Waals surface area contributed by atoms with Gasteiger partial charge in [0.25, 0.3) is 0 Å². The Hall–Kier alpha value is -2.08. The van der Waals surface area contributed by atoms with Crippen LogP contribution in [-0.2, 0) is 21.5 Å². The van der Waals surface area contributed by atoms with Gasteiger partial charge in [-0.25, -0.2) is 4.99 Å². The molecule has 3 aliphatic carbocycles. The summed E-state index contributed by atoms with van der Waals surface area (Å²) in [4.78, 5) is 20.4. The van der Waals surface area contributed by atoms with Gasteiger partial charge in [0.15, 0.2) is 17.3 Å². The van der Waals surface area contributed by atoms with Crippen LogP contribution in [-0.4, -0.2) is 50.1 Å². The van der Waals surface area contributed by atoms with Gasteiger partial charge in [-0.3, -0.25) is 4.79 Å². The number of likely N-dealkylation sites (N-methyl/N-ethyl adjacent to an activating group) is 1. The van der Waals surface area contributed by atoms with E-state index in [0.717, 1.165) is 50.0 Å². The van der Waals surface area contributed by atoms with E-state index in [2.05, 4.69) is 18.2 Å². The molecule has 2 fully saturated rings. The van der Waals surface area contributed by atoms with Crippen LogP contribution in [0, 0.1) is 11.3 Å². The molecule has 2 saturated carbocycles. The van der Waals surface area contributed by atoms with Crippen LogP contribution >= 0.6 is 0 Å². The first kappa shape index (κ1) is 18.9. The summed E-state index contributed by atoms with van der Waals surface area (Å²) < 4.78 is 11.7. The Morgan fingerprint density at radius 2 is 2.00 bits per heavy atom. The second kappa shape index (κ2) is 6.73. The highest BCUT2D eigenvalue weighted by atomic mass is 16.5. The van der Waals surface area contributed by atoms with Gasteiger partial charge in [-0.15, -0.1) is 0 Å². The number of Topliss-reactive ketones (excluding diaryl/α,β-unsaturated/α-hetero) is 1. The molecule has 0 amide bonds. The minimum absolute atomic E-state index is 0.156.